The van der Waals surface area contributed by atoms with Gasteiger partial charge in [0.15, 0.2) is 5.82 Å². The summed E-state index contributed by atoms with van der Waals surface area (Å²) in [5.41, 5.74) is 1.87. The summed E-state index contributed by atoms with van der Waals surface area (Å²) >= 11 is 0. The SMILES string of the molecule is CC1CCCCC1NC(=O)CNc1cccc(-c2nnnn2C2CC2)c1. The summed E-state index contributed by atoms with van der Waals surface area (Å²) in [5, 5.41) is 18.5. The van der Waals surface area contributed by atoms with E-state index in [2.05, 4.69) is 33.1 Å². The molecule has 1 heterocycles. The molecular formula is C19H26N6O. The van der Waals surface area contributed by atoms with Crippen LogP contribution in [0.4, 0.5) is 5.69 Å². The number of tetrazole rings is 1. The van der Waals surface area contributed by atoms with Crippen LogP contribution < -0.4 is 10.6 Å². The monoisotopic (exact) mass is 354 g/mol. The van der Waals surface area contributed by atoms with Gasteiger partial charge < -0.3 is 10.6 Å². The van der Waals surface area contributed by atoms with Crippen LogP contribution in [0.5, 0.6) is 0 Å². The normalized spacial score (nSPS) is 22.8. The van der Waals surface area contributed by atoms with Crippen molar-refractivity contribution in [3.63, 3.8) is 0 Å². The summed E-state index contributed by atoms with van der Waals surface area (Å²) in [5.74, 6) is 1.41. The predicted molar refractivity (Wildman–Crippen MR) is 99.6 cm³/mol. The van der Waals surface area contributed by atoms with Crippen molar-refractivity contribution < 1.29 is 4.79 Å². The zero-order valence-electron chi connectivity index (χ0n) is 15.2. The van der Waals surface area contributed by atoms with E-state index in [1.807, 2.05) is 28.9 Å². The lowest BCUT2D eigenvalue weighted by Crippen LogP contribution is -2.43. The number of anilines is 1. The Morgan fingerprint density at radius 1 is 1.23 bits per heavy atom. The van der Waals surface area contributed by atoms with Gasteiger partial charge in [-0.3, -0.25) is 4.79 Å². The molecule has 7 nitrogen and oxygen atoms in total. The number of hydrogen-bond acceptors (Lipinski definition) is 5. The number of carbonyl (C=O) groups is 1. The molecule has 2 aliphatic rings. The number of amides is 1. The third-order valence-electron chi connectivity index (χ3n) is 5.42. The van der Waals surface area contributed by atoms with Crippen LogP contribution in [0.25, 0.3) is 11.4 Å². The maximum Gasteiger partial charge on any atom is 0.239 e. The van der Waals surface area contributed by atoms with Gasteiger partial charge in [-0.15, -0.1) is 5.10 Å². The topological polar surface area (TPSA) is 84.7 Å². The second kappa shape index (κ2) is 7.43. The van der Waals surface area contributed by atoms with E-state index in [9.17, 15) is 4.79 Å². The fourth-order valence-corrected chi connectivity index (χ4v) is 3.69. The summed E-state index contributed by atoms with van der Waals surface area (Å²) in [6.45, 7) is 2.51. The molecule has 1 amide bonds. The molecule has 0 spiro atoms. The highest BCUT2D eigenvalue weighted by Crippen LogP contribution is 2.36. The third kappa shape index (κ3) is 3.86. The standard InChI is InChI=1S/C19H26N6O/c1-13-5-2-3-8-17(13)21-18(26)12-20-15-7-4-6-14(11-15)19-22-23-24-25(19)16-9-10-16/h4,6-7,11,13,16-17,20H,2-3,5,8-10,12H2,1H3,(H,21,26). The Labute approximate surface area is 153 Å². The van der Waals surface area contributed by atoms with Gasteiger partial charge in [-0.2, -0.15) is 0 Å². The molecular weight excluding hydrogens is 328 g/mol. The van der Waals surface area contributed by atoms with Gasteiger partial charge in [-0.05, 0) is 54.2 Å². The van der Waals surface area contributed by atoms with Crippen LogP contribution in [-0.4, -0.2) is 38.7 Å². The smallest absolute Gasteiger partial charge is 0.239 e. The van der Waals surface area contributed by atoms with Gasteiger partial charge in [0.1, 0.15) is 0 Å². The molecule has 4 rings (SSSR count). The third-order valence-corrected chi connectivity index (χ3v) is 5.42. The molecule has 1 aromatic carbocycles. The first kappa shape index (κ1) is 17.0. The molecule has 2 saturated carbocycles. The minimum atomic E-state index is 0.0527. The predicted octanol–water partition coefficient (Wildman–Crippen LogP) is 2.78. The highest BCUT2D eigenvalue weighted by Gasteiger charge is 2.28. The van der Waals surface area contributed by atoms with Crippen LogP contribution in [0.3, 0.4) is 0 Å². The van der Waals surface area contributed by atoms with E-state index in [0.29, 0.717) is 18.0 Å². The maximum absolute atomic E-state index is 12.3. The number of rotatable bonds is 6. The average molecular weight is 354 g/mol. The van der Waals surface area contributed by atoms with Crippen molar-refractivity contribution in [3.05, 3.63) is 24.3 Å². The average Bonchev–Trinajstić information content (AvgIpc) is 3.38. The van der Waals surface area contributed by atoms with Gasteiger partial charge >= 0.3 is 0 Å². The summed E-state index contributed by atoms with van der Waals surface area (Å²) in [7, 11) is 0. The molecule has 0 saturated heterocycles. The molecule has 0 radical (unpaired) electrons. The van der Waals surface area contributed by atoms with E-state index in [-0.39, 0.29) is 12.5 Å². The van der Waals surface area contributed by atoms with Crippen molar-refractivity contribution >= 4 is 11.6 Å². The highest BCUT2D eigenvalue weighted by atomic mass is 16.2. The van der Waals surface area contributed by atoms with Crippen LogP contribution in [0, 0.1) is 5.92 Å². The molecule has 2 N–H and O–H groups in total. The van der Waals surface area contributed by atoms with E-state index in [0.717, 1.165) is 36.3 Å². The first-order chi connectivity index (χ1) is 12.7. The molecule has 2 unspecified atom stereocenters. The summed E-state index contributed by atoms with van der Waals surface area (Å²) in [6, 6.07) is 8.67. The van der Waals surface area contributed by atoms with Crippen molar-refractivity contribution in [1.29, 1.82) is 0 Å². The zero-order valence-corrected chi connectivity index (χ0v) is 15.2. The summed E-state index contributed by atoms with van der Waals surface area (Å²) in [4.78, 5) is 12.3. The van der Waals surface area contributed by atoms with Gasteiger partial charge in [0.2, 0.25) is 5.91 Å². The molecule has 2 aromatic rings. The first-order valence-corrected chi connectivity index (χ1v) is 9.62. The number of aromatic nitrogens is 4. The second-order valence-electron chi connectivity index (χ2n) is 7.55. The Bertz CT molecular complexity index is 769. The Kier molecular flexibility index (Phi) is 4.86. The number of carbonyl (C=O) groups excluding carboxylic acids is 1. The number of hydrogen-bond donors (Lipinski definition) is 2. The molecule has 2 aliphatic carbocycles. The molecule has 1 aromatic heterocycles. The van der Waals surface area contributed by atoms with Crippen LogP contribution in [0.2, 0.25) is 0 Å². The van der Waals surface area contributed by atoms with Gasteiger partial charge in [0, 0.05) is 17.3 Å². The van der Waals surface area contributed by atoms with Crippen LogP contribution >= 0.6 is 0 Å². The van der Waals surface area contributed by atoms with Gasteiger partial charge in [0.05, 0.1) is 12.6 Å². The molecule has 2 atom stereocenters. The molecule has 138 valence electrons. The maximum atomic E-state index is 12.3. The largest absolute Gasteiger partial charge is 0.376 e. The first-order valence-electron chi connectivity index (χ1n) is 9.62. The minimum Gasteiger partial charge on any atom is -0.376 e. The Morgan fingerprint density at radius 2 is 2.08 bits per heavy atom. The highest BCUT2D eigenvalue weighted by molar-refractivity contribution is 5.81. The van der Waals surface area contributed by atoms with Crippen molar-refractivity contribution in [1.82, 2.24) is 25.5 Å². The van der Waals surface area contributed by atoms with Crippen molar-refractivity contribution in [2.24, 2.45) is 5.92 Å². The van der Waals surface area contributed by atoms with Crippen molar-refractivity contribution in [3.8, 4) is 11.4 Å². The number of nitrogens with one attached hydrogen (secondary N) is 2. The van der Waals surface area contributed by atoms with Crippen LogP contribution in [0.15, 0.2) is 24.3 Å². The second-order valence-corrected chi connectivity index (χ2v) is 7.55. The lowest BCUT2D eigenvalue weighted by Gasteiger charge is -2.29. The zero-order chi connectivity index (χ0) is 17.9. The van der Waals surface area contributed by atoms with Crippen molar-refractivity contribution in [2.75, 3.05) is 11.9 Å². The van der Waals surface area contributed by atoms with E-state index in [4.69, 9.17) is 0 Å². The molecule has 26 heavy (non-hydrogen) atoms. The Morgan fingerprint density at radius 3 is 2.88 bits per heavy atom. The fraction of sp³-hybridized carbons (Fsp3) is 0.579. The van der Waals surface area contributed by atoms with Gasteiger partial charge in [-0.1, -0.05) is 31.9 Å². The molecule has 7 heteroatoms. The van der Waals surface area contributed by atoms with E-state index >= 15 is 0 Å². The molecule has 2 fully saturated rings. The van der Waals surface area contributed by atoms with E-state index in [1.54, 1.807) is 0 Å². The van der Waals surface area contributed by atoms with Gasteiger partial charge in [-0.25, -0.2) is 4.68 Å². The number of benzene rings is 1. The molecule has 0 bridgehead atoms. The van der Waals surface area contributed by atoms with E-state index in [1.165, 1.54) is 19.3 Å². The van der Waals surface area contributed by atoms with Crippen LogP contribution in [-0.2, 0) is 4.79 Å². The van der Waals surface area contributed by atoms with Gasteiger partial charge in [0.25, 0.3) is 0 Å². The quantitative estimate of drug-likeness (QED) is 0.833. The minimum absolute atomic E-state index is 0.0527. The van der Waals surface area contributed by atoms with Crippen LogP contribution in [0.1, 0.15) is 51.5 Å². The van der Waals surface area contributed by atoms with Crippen molar-refractivity contribution in [2.45, 2.75) is 57.5 Å². The van der Waals surface area contributed by atoms with E-state index < -0.39 is 0 Å². The number of nitrogens with zero attached hydrogens (tertiary/aromatic N) is 4. The summed E-state index contributed by atoms with van der Waals surface area (Å²) < 4.78 is 1.90. The Balaban J connectivity index is 1.36. The fourth-order valence-electron chi connectivity index (χ4n) is 3.69. The Hall–Kier alpha value is -2.44. The summed E-state index contributed by atoms with van der Waals surface area (Å²) in [6.07, 6.45) is 7.05. The molecule has 0 aliphatic heterocycles. The lowest BCUT2D eigenvalue weighted by molar-refractivity contribution is -0.120. The lowest BCUT2D eigenvalue weighted by atomic mass is 9.86.